The summed E-state index contributed by atoms with van der Waals surface area (Å²) in [5.74, 6) is 0.0787. The fraction of sp³-hybridized carbons (Fsp3) is 0.238. The Kier molecular flexibility index (Phi) is 5.74. The zero-order chi connectivity index (χ0) is 18.5. The Labute approximate surface area is 158 Å². The van der Waals surface area contributed by atoms with Gasteiger partial charge in [-0.15, -0.1) is 0 Å². The summed E-state index contributed by atoms with van der Waals surface area (Å²) in [5.41, 5.74) is 2.71. The Hall–Kier alpha value is -2.59. The summed E-state index contributed by atoms with van der Waals surface area (Å²) in [5, 5.41) is 0.656. The van der Waals surface area contributed by atoms with Crippen molar-refractivity contribution in [3.8, 4) is 0 Å². The van der Waals surface area contributed by atoms with Gasteiger partial charge in [0.05, 0.1) is 0 Å². The summed E-state index contributed by atoms with van der Waals surface area (Å²) in [7, 11) is 0. The highest BCUT2D eigenvalue weighted by Gasteiger charge is 2.19. The number of nitrogens with zero attached hydrogens (tertiary/aromatic N) is 2. The van der Waals surface area contributed by atoms with Gasteiger partial charge >= 0.3 is 0 Å². The predicted octanol–water partition coefficient (Wildman–Crippen LogP) is 3.90. The molecule has 1 aliphatic rings. The van der Waals surface area contributed by atoms with Crippen molar-refractivity contribution in [3.05, 3.63) is 70.8 Å². The molecular formula is C21H21ClN2O2. The van der Waals surface area contributed by atoms with Crippen LogP contribution in [0.15, 0.2) is 54.6 Å². The molecule has 1 amide bonds. The van der Waals surface area contributed by atoms with Crippen LogP contribution in [0.3, 0.4) is 0 Å². The molecule has 0 bridgehead atoms. The molecular weight excluding hydrogens is 348 g/mol. The van der Waals surface area contributed by atoms with E-state index >= 15 is 0 Å². The largest absolute Gasteiger partial charge is 0.368 e. The van der Waals surface area contributed by atoms with Crippen molar-refractivity contribution >= 4 is 35.1 Å². The summed E-state index contributed by atoms with van der Waals surface area (Å²) < 4.78 is 0. The van der Waals surface area contributed by atoms with Crippen molar-refractivity contribution in [1.82, 2.24) is 4.90 Å². The first-order valence-electron chi connectivity index (χ1n) is 8.61. The molecule has 3 rings (SSSR count). The first-order valence-corrected chi connectivity index (χ1v) is 8.99. The van der Waals surface area contributed by atoms with Gasteiger partial charge in [-0.05, 0) is 55.0 Å². The SMILES string of the molecule is CC(=O)c1ccc(N2CCN(C(=O)/C=C/c3cccc(Cl)c3)CC2)cc1. The topological polar surface area (TPSA) is 40.6 Å². The van der Waals surface area contributed by atoms with Gasteiger partial charge in [-0.2, -0.15) is 0 Å². The number of carbonyl (C=O) groups excluding carboxylic acids is 2. The van der Waals surface area contributed by atoms with Crippen molar-refractivity contribution in [2.75, 3.05) is 31.1 Å². The molecule has 1 saturated heterocycles. The summed E-state index contributed by atoms with van der Waals surface area (Å²) in [6.07, 6.45) is 3.39. The van der Waals surface area contributed by atoms with Gasteiger partial charge in [0.15, 0.2) is 5.78 Å². The minimum absolute atomic E-state index is 0.0107. The second kappa shape index (κ2) is 8.19. The van der Waals surface area contributed by atoms with Gasteiger partial charge in [-0.3, -0.25) is 9.59 Å². The number of benzene rings is 2. The van der Waals surface area contributed by atoms with Crippen LogP contribution in [-0.2, 0) is 4.79 Å². The summed E-state index contributed by atoms with van der Waals surface area (Å²) in [6.45, 7) is 4.46. The number of anilines is 1. The maximum Gasteiger partial charge on any atom is 0.246 e. The number of rotatable bonds is 4. The van der Waals surface area contributed by atoms with E-state index < -0.39 is 0 Å². The van der Waals surface area contributed by atoms with Crippen molar-refractivity contribution in [1.29, 1.82) is 0 Å². The number of piperazine rings is 1. The van der Waals surface area contributed by atoms with Gasteiger partial charge in [0.2, 0.25) is 5.91 Å². The highest BCUT2D eigenvalue weighted by Crippen LogP contribution is 2.18. The average Bonchev–Trinajstić information content (AvgIpc) is 2.66. The van der Waals surface area contributed by atoms with E-state index in [2.05, 4.69) is 4.90 Å². The molecule has 134 valence electrons. The molecule has 26 heavy (non-hydrogen) atoms. The molecule has 0 atom stereocenters. The number of amides is 1. The van der Waals surface area contributed by atoms with Crippen molar-refractivity contribution < 1.29 is 9.59 Å². The normalized spacial score (nSPS) is 14.7. The molecule has 2 aromatic carbocycles. The van der Waals surface area contributed by atoms with Crippen LogP contribution in [0.4, 0.5) is 5.69 Å². The zero-order valence-corrected chi connectivity index (χ0v) is 15.4. The Morgan fingerprint density at radius 2 is 1.69 bits per heavy atom. The van der Waals surface area contributed by atoms with Crippen LogP contribution < -0.4 is 4.90 Å². The molecule has 0 N–H and O–H groups in total. The van der Waals surface area contributed by atoms with Gasteiger partial charge < -0.3 is 9.80 Å². The van der Waals surface area contributed by atoms with E-state index in [1.165, 1.54) is 0 Å². The number of halogens is 1. The third-order valence-electron chi connectivity index (χ3n) is 4.50. The lowest BCUT2D eigenvalue weighted by Gasteiger charge is -2.35. The Morgan fingerprint density at radius 1 is 1.00 bits per heavy atom. The molecule has 0 spiro atoms. The van der Waals surface area contributed by atoms with Crippen LogP contribution in [0.1, 0.15) is 22.8 Å². The third-order valence-corrected chi connectivity index (χ3v) is 4.73. The highest BCUT2D eigenvalue weighted by molar-refractivity contribution is 6.30. The Morgan fingerprint density at radius 3 is 2.31 bits per heavy atom. The Bertz CT molecular complexity index is 822. The van der Waals surface area contributed by atoms with E-state index in [9.17, 15) is 9.59 Å². The monoisotopic (exact) mass is 368 g/mol. The number of carbonyl (C=O) groups is 2. The van der Waals surface area contributed by atoms with Crippen molar-refractivity contribution in [3.63, 3.8) is 0 Å². The van der Waals surface area contributed by atoms with Crippen LogP contribution in [0.5, 0.6) is 0 Å². The first-order chi connectivity index (χ1) is 12.5. The van der Waals surface area contributed by atoms with E-state index in [1.807, 2.05) is 53.4 Å². The second-order valence-corrected chi connectivity index (χ2v) is 6.74. The van der Waals surface area contributed by atoms with Gasteiger partial charge in [0.1, 0.15) is 0 Å². The number of ketones is 1. The molecule has 5 heteroatoms. The molecule has 1 fully saturated rings. The fourth-order valence-corrected chi connectivity index (χ4v) is 3.17. The van der Waals surface area contributed by atoms with Gasteiger partial charge in [0.25, 0.3) is 0 Å². The zero-order valence-electron chi connectivity index (χ0n) is 14.7. The van der Waals surface area contributed by atoms with Crippen LogP contribution in [-0.4, -0.2) is 42.8 Å². The van der Waals surface area contributed by atoms with E-state index in [4.69, 9.17) is 11.6 Å². The molecule has 0 radical (unpaired) electrons. The summed E-state index contributed by atoms with van der Waals surface area (Å²) in [6, 6.07) is 15.0. The first kappa shape index (κ1) is 18.2. The lowest BCUT2D eigenvalue weighted by atomic mass is 10.1. The van der Waals surface area contributed by atoms with E-state index in [0.29, 0.717) is 23.7 Å². The third kappa shape index (κ3) is 4.52. The molecule has 0 aromatic heterocycles. The molecule has 0 unspecified atom stereocenters. The lowest BCUT2D eigenvalue weighted by Crippen LogP contribution is -2.48. The minimum atomic E-state index is 0.0107. The van der Waals surface area contributed by atoms with Crippen molar-refractivity contribution in [2.45, 2.75) is 6.92 Å². The second-order valence-electron chi connectivity index (χ2n) is 6.30. The predicted molar refractivity (Wildman–Crippen MR) is 106 cm³/mol. The van der Waals surface area contributed by atoms with Crippen LogP contribution in [0.2, 0.25) is 5.02 Å². The van der Waals surface area contributed by atoms with E-state index in [0.717, 1.165) is 24.3 Å². The number of Topliss-reactive ketones (excluding diaryl/α,β-unsaturated/α-hetero) is 1. The standard InChI is InChI=1S/C21H21ClN2O2/c1-16(25)18-6-8-20(9-7-18)23-11-13-24(14-12-23)21(26)10-5-17-3-2-4-19(22)15-17/h2-10,15H,11-14H2,1H3/b10-5+. The number of hydrogen-bond acceptors (Lipinski definition) is 3. The van der Waals surface area contributed by atoms with Crippen LogP contribution >= 0.6 is 11.6 Å². The van der Waals surface area contributed by atoms with Gasteiger partial charge in [-0.1, -0.05) is 23.7 Å². The molecule has 1 heterocycles. The average molecular weight is 369 g/mol. The smallest absolute Gasteiger partial charge is 0.246 e. The van der Waals surface area contributed by atoms with Crippen LogP contribution in [0.25, 0.3) is 6.08 Å². The van der Waals surface area contributed by atoms with Crippen molar-refractivity contribution in [2.24, 2.45) is 0 Å². The maximum absolute atomic E-state index is 12.4. The minimum Gasteiger partial charge on any atom is -0.368 e. The van der Waals surface area contributed by atoms with Crippen LogP contribution in [0, 0.1) is 0 Å². The Balaban J connectivity index is 1.56. The maximum atomic E-state index is 12.4. The summed E-state index contributed by atoms with van der Waals surface area (Å²) in [4.78, 5) is 27.8. The quantitative estimate of drug-likeness (QED) is 0.607. The lowest BCUT2D eigenvalue weighted by molar-refractivity contribution is -0.126. The van der Waals surface area contributed by atoms with Gasteiger partial charge in [0, 0.05) is 48.5 Å². The van der Waals surface area contributed by atoms with Gasteiger partial charge in [-0.25, -0.2) is 0 Å². The van der Waals surface area contributed by atoms with E-state index in [-0.39, 0.29) is 11.7 Å². The molecule has 0 aliphatic carbocycles. The molecule has 1 aliphatic heterocycles. The number of hydrogen-bond donors (Lipinski definition) is 0. The molecule has 4 nitrogen and oxygen atoms in total. The molecule has 2 aromatic rings. The summed E-state index contributed by atoms with van der Waals surface area (Å²) >= 11 is 5.96. The highest BCUT2D eigenvalue weighted by atomic mass is 35.5. The fourth-order valence-electron chi connectivity index (χ4n) is 2.98. The molecule has 0 saturated carbocycles. The van der Waals surface area contributed by atoms with E-state index in [1.54, 1.807) is 19.1 Å².